The van der Waals surface area contributed by atoms with Gasteiger partial charge in [-0.3, -0.25) is 4.79 Å². The Morgan fingerprint density at radius 1 is 1.42 bits per heavy atom. The predicted molar refractivity (Wildman–Crippen MR) is 94.9 cm³/mol. The Kier molecular flexibility index (Phi) is 7.06. The minimum absolute atomic E-state index is 0.100. The minimum atomic E-state index is -0.474. The summed E-state index contributed by atoms with van der Waals surface area (Å²) in [5.74, 6) is 0.939. The second-order valence-corrected chi connectivity index (χ2v) is 6.64. The van der Waals surface area contributed by atoms with E-state index in [1.54, 1.807) is 0 Å². The van der Waals surface area contributed by atoms with Gasteiger partial charge in [-0.1, -0.05) is 19.1 Å². The molecule has 1 aromatic carbocycles. The van der Waals surface area contributed by atoms with Crippen LogP contribution in [0.5, 0.6) is 5.75 Å². The van der Waals surface area contributed by atoms with E-state index < -0.39 is 6.04 Å². The molecule has 0 saturated carbocycles. The fourth-order valence-corrected chi connectivity index (χ4v) is 2.81. The molecule has 1 aromatic rings. The molecule has 1 heterocycles. The maximum absolute atomic E-state index is 12.4. The van der Waals surface area contributed by atoms with E-state index in [4.69, 9.17) is 15.2 Å². The Morgan fingerprint density at radius 2 is 2.12 bits per heavy atom. The van der Waals surface area contributed by atoms with Gasteiger partial charge in [-0.15, -0.1) is 0 Å². The number of carbonyl (C=O) groups is 1. The maximum Gasteiger partial charge on any atom is 0.237 e. The number of hydrogen-bond acceptors (Lipinski definition) is 4. The fourth-order valence-electron chi connectivity index (χ4n) is 2.81. The molecule has 1 fully saturated rings. The molecule has 24 heavy (non-hydrogen) atoms. The molecule has 1 saturated heterocycles. The fraction of sp³-hybridized carbons (Fsp3) is 0.632. The molecule has 0 bridgehead atoms. The Bertz CT molecular complexity index is 541. The zero-order valence-electron chi connectivity index (χ0n) is 15.0. The van der Waals surface area contributed by atoms with Crippen molar-refractivity contribution in [3.63, 3.8) is 0 Å². The van der Waals surface area contributed by atoms with E-state index in [-0.39, 0.29) is 17.9 Å². The van der Waals surface area contributed by atoms with Crippen molar-refractivity contribution in [3.8, 4) is 5.75 Å². The van der Waals surface area contributed by atoms with Crippen molar-refractivity contribution >= 4 is 5.91 Å². The molecule has 0 spiro atoms. The van der Waals surface area contributed by atoms with Crippen molar-refractivity contribution in [2.24, 2.45) is 11.7 Å². The lowest BCUT2D eigenvalue weighted by atomic mass is 9.92. The molecule has 3 N–H and O–H groups in total. The smallest absolute Gasteiger partial charge is 0.237 e. The number of aryl methyl sites for hydroxylation is 1. The molecular weight excluding hydrogens is 304 g/mol. The summed E-state index contributed by atoms with van der Waals surface area (Å²) in [7, 11) is 0. The summed E-state index contributed by atoms with van der Waals surface area (Å²) >= 11 is 0. The van der Waals surface area contributed by atoms with Crippen molar-refractivity contribution < 1.29 is 14.3 Å². The number of rotatable bonds is 7. The number of amides is 1. The van der Waals surface area contributed by atoms with Crippen LogP contribution in [0.25, 0.3) is 0 Å². The first-order valence-electron chi connectivity index (χ1n) is 8.88. The quantitative estimate of drug-likeness (QED) is 0.804. The van der Waals surface area contributed by atoms with E-state index in [2.05, 4.69) is 12.2 Å². The summed E-state index contributed by atoms with van der Waals surface area (Å²) in [6.07, 6.45) is 2.78. The highest BCUT2D eigenvalue weighted by Gasteiger charge is 2.26. The summed E-state index contributed by atoms with van der Waals surface area (Å²) in [5, 5.41) is 2.96. The molecule has 2 rings (SSSR count). The third kappa shape index (κ3) is 5.21. The number of hydrogen-bond donors (Lipinski definition) is 2. The molecule has 0 aliphatic carbocycles. The Labute approximate surface area is 144 Å². The molecular formula is C19H30N2O3. The molecule has 134 valence electrons. The van der Waals surface area contributed by atoms with E-state index in [1.165, 1.54) is 0 Å². The monoisotopic (exact) mass is 334 g/mol. The summed E-state index contributed by atoms with van der Waals surface area (Å²) in [5.41, 5.74) is 8.24. The first kappa shape index (κ1) is 18.7. The lowest BCUT2D eigenvalue weighted by molar-refractivity contribution is -0.124. The number of nitrogens with two attached hydrogens (primary N) is 1. The highest BCUT2D eigenvalue weighted by Crippen LogP contribution is 2.23. The van der Waals surface area contributed by atoms with E-state index >= 15 is 0 Å². The second-order valence-electron chi connectivity index (χ2n) is 6.64. The Balaban J connectivity index is 1.96. The number of ether oxygens (including phenoxy) is 2. The zero-order valence-corrected chi connectivity index (χ0v) is 15.0. The molecule has 2 unspecified atom stereocenters. The van der Waals surface area contributed by atoms with Crippen molar-refractivity contribution in [1.29, 1.82) is 0 Å². The Hall–Kier alpha value is -1.59. The first-order chi connectivity index (χ1) is 11.5. The third-order valence-corrected chi connectivity index (χ3v) is 4.66. The third-order valence-electron chi connectivity index (χ3n) is 4.66. The van der Waals surface area contributed by atoms with Gasteiger partial charge in [0.15, 0.2) is 0 Å². The van der Waals surface area contributed by atoms with Gasteiger partial charge in [0.25, 0.3) is 0 Å². The van der Waals surface area contributed by atoms with Crippen LogP contribution in [0, 0.1) is 12.8 Å². The van der Waals surface area contributed by atoms with Gasteiger partial charge < -0.3 is 20.5 Å². The van der Waals surface area contributed by atoms with Crippen LogP contribution in [0.4, 0.5) is 0 Å². The molecule has 2 atom stereocenters. The average molecular weight is 334 g/mol. The standard InChI is InChI=1S/C19H30N2O3/c1-4-14(3)24-17-11-13(2)5-6-16(17)12-21-19(22)18(20)15-7-9-23-10-8-15/h5-6,11,14-15,18H,4,7-10,12,20H2,1-3H3,(H,21,22). The summed E-state index contributed by atoms with van der Waals surface area (Å²) in [6, 6.07) is 5.58. The van der Waals surface area contributed by atoms with Crippen molar-refractivity contribution in [2.45, 2.75) is 58.7 Å². The normalized spacial score (nSPS) is 18.0. The van der Waals surface area contributed by atoms with Gasteiger partial charge in [-0.2, -0.15) is 0 Å². The topological polar surface area (TPSA) is 73.6 Å². The van der Waals surface area contributed by atoms with Crippen LogP contribution in [0.1, 0.15) is 44.2 Å². The molecule has 5 nitrogen and oxygen atoms in total. The van der Waals surface area contributed by atoms with Crippen molar-refractivity contribution in [2.75, 3.05) is 13.2 Å². The predicted octanol–water partition coefficient (Wildman–Crippen LogP) is 2.54. The van der Waals surface area contributed by atoms with Gasteiger partial charge in [-0.25, -0.2) is 0 Å². The maximum atomic E-state index is 12.4. The average Bonchev–Trinajstić information content (AvgIpc) is 2.60. The van der Waals surface area contributed by atoms with E-state index in [1.807, 2.05) is 32.0 Å². The van der Waals surface area contributed by atoms with Crippen LogP contribution < -0.4 is 15.8 Å². The van der Waals surface area contributed by atoms with Gasteiger partial charge in [0, 0.05) is 25.3 Å². The van der Waals surface area contributed by atoms with E-state index in [9.17, 15) is 4.79 Å². The zero-order chi connectivity index (χ0) is 17.5. The summed E-state index contributed by atoms with van der Waals surface area (Å²) in [4.78, 5) is 12.4. The van der Waals surface area contributed by atoms with Crippen LogP contribution in [0.2, 0.25) is 0 Å². The van der Waals surface area contributed by atoms with Crippen LogP contribution >= 0.6 is 0 Å². The lowest BCUT2D eigenvalue weighted by Gasteiger charge is -2.27. The highest BCUT2D eigenvalue weighted by molar-refractivity contribution is 5.81. The van der Waals surface area contributed by atoms with Crippen LogP contribution in [-0.4, -0.2) is 31.3 Å². The van der Waals surface area contributed by atoms with Crippen molar-refractivity contribution in [1.82, 2.24) is 5.32 Å². The number of benzene rings is 1. The van der Waals surface area contributed by atoms with Crippen LogP contribution in [0.3, 0.4) is 0 Å². The molecule has 1 amide bonds. The van der Waals surface area contributed by atoms with Crippen LogP contribution in [0.15, 0.2) is 18.2 Å². The van der Waals surface area contributed by atoms with E-state index in [0.29, 0.717) is 19.8 Å². The largest absolute Gasteiger partial charge is 0.490 e. The van der Waals surface area contributed by atoms with Gasteiger partial charge in [-0.05, 0) is 50.7 Å². The number of carbonyl (C=O) groups excluding carboxylic acids is 1. The van der Waals surface area contributed by atoms with Gasteiger partial charge in [0.2, 0.25) is 5.91 Å². The molecule has 1 aliphatic rings. The van der Waals surface area contributed by atoms with E-state index in [0.717, 1.165) is 36.1 Å². The summed E-state index contributed by atoms with van der Waals surface area (Å²) in [6.45, 7) is 7.99. The molecule has 5 heteroatoms. The number of nitrogens with one attached hydrogen (secondary N) is 1. The minimum Gasteiger partial charge on any atom is -0.490 e. The SMILES string of the molecule is CCC(C)Oc1cc(C)ccc1CNC(=O)C(N)C1CCOCC1. The highest BCUT2D eigenvalue weighted by atomic mass is 16.5. The van der Waals surface area contributed by atoms with Gasteiger partial charge in [0.05, 0.1) is 12.1 Å². The van der Waals surface area contributed by atoms with Gasteiger partial charge in [0.1, 0.15) is 5.75 Å². The molecule has 0 radical (unpaired) electrons. The second kappa shape index (κ2) is 9.04. The van der Waals surface area contributed by atoms with Crippen molar-refractivity contribution in [3.05, 3.63) is 29.3 Å². The first-order valence-corrected chi connectivity index (χ1v) is 8.88. The van der Waals surface area contributed by atoms with Gasteiger partial charge >= 0.3 is 0 Å². The molecule has 1 aliphatic heterocycles. The lowest BCUT2D eigenvalue weighted by Crippen LogP contribution is -2.46. The summed E-state index contributed by atoms with van der Waals surface area (Å²) < 4.78 is 11.3. The Morgan fingerprint density at radius 3 is 2.79 bits per heavy atom. The van der Waals surface area contributed by atoms with Crippen LogP contribution in [-0.2, 0) is 16.1 Å². The molecule has 0 aromatic heterocycles.